The van der Waals surface area contributed by atoms with Gasteiger partial charge in [-0.05, 0) is 40.2 Å². The first kappa shape index (κ1) is 11.7. The van der Waals surface area contributed by atoms with E-state index >= 15 is 0 Å². The van der Waals surface area contributed by atoms with Crippen LogP contribution >= 0.6 is 15.9 Å². The van der Waals surface area contributed by atoms with Crippen molar-refractivity contribution >= 4 is 27.5 Å². The molecule has 3 nitrogen and oxygen atoms in total. The fraction of sp³-hybridized carbons (Fsp3) is 0. The van der Waals surface area contributed by atoms with Crippen molar-refractivity contribution in [1.82, 2.24) is 4.98 Å². The molecule has 1 aromatic carbocycles. The van der Waals surface area contributed by atoms with E-state index in [4.69, 9.17) is 0 Å². The van der Waals surface area contributed by atoms with Crippen LogP contribution in [0.15, 0.2) is 47.1 Å². The molecule has 0 saturated carbocycles. The van der Waals surface area contributed by atoms with Gasteiger partial charge in [-0.15, -0.1) is 0 Å². The Kier molecular flexibility index (Phi) is 3.49. The number of benzene rings is 1. The normalized spacial score (nSPS) is 10.0. The molecule has 1 N–H and O–H groups in total. The fourth-order valence-corrected chi connectivity index (χ4v) is 1.65. The van der Waals surface area contributed by atoms with Gasteiger partial charge in [-0.2, -0.15) is 0 Å². The van der Waals surface area contributed by atoms with Crippen molar-refractivity contribution < 1.29 is 9.18 Å². The quantitative estimate of drug-likeness (QED) is 0.924. The molecule has 2 aromatic rings. The summed E-state index contributed by atoms with van der Waals surface area (Å²) >= 11 is 3.05. The summed E-state index contributed by atoms with van der Waals surface area (Å²) in [4.78, 5) is 15.6. The zero-order chi connectivity index (χ0) is 12.3. The lowest BCUT2D eigenvalue weighted by molar-refractivity contribution is 0.102. The summed E-state index contributed by atoms with van der Waals surface area (Å²) in [6.45, 7) is 0. The molecule has 17 heavy (non-hydrogen) atoms. The Hall–Kier alpha value is -1.75. The number of rotatable bonds is 2. The molecule has 1 amide bonds. The van der Waals surface area contributed by atoms with E-state index in [1.807, 2.05) is 0 Å². The smallest absolute Gasteiger partial charge is 0.274 e. The van der Waals surface area contributed by atoms with E-state index in [2.05, 4.69) is 26.2 Å². The summed E-state index contributed by atoms with van der Waals surface area (Å²) in [6.07, 6.45) is 1.51. The molecule has 0 fully saturated rings. The van der Waals surface area contributed by atoms with Gasteiger partial charge in [0.15, 0.2) is 5.82 Å². The molecule has 0 spiro atoms. The van der Waals surface area contributed by atoms with Crippen LogP contribution in [0.2, 0.25) is 0 Å². The number of hydrogen-bond donors (Lipinski definition) is 1. The Morgan fingerprint density at radius 3 is 2.76 bits per heavy atom. The molecule has 0 radical (unpaired) electrons. The molecule has 0 aliphatic heterocycles. The van der Waals surface area contributed by atoms with E-state index in [0.29, 0.717) is 4.47 Å². The van der Waals surface area contributed by atoms with Crippen LogP contribution in [0.3, 0.4) is 0 Å². The van der Waals surface area contributed by atoms with Crippen molar-refractivity contribution in [3.8, 4) is 0 Å². The monoisotopic (exact) mass is 294 g/mol. The molecule has 0 atom stereocenters. The van der Waals surface area contributed by atoms with Crippen molar-refractivity contribution in [1.29, 1.82) is 0 Å². The van der Waals surface area contributed by atoms with Crippen LogP contribution in [-0.4, -0.2) is 10.9 Å². The SMILES string of the molecule is O=C(Nc1cccc(Br)c1F)c1ccccn1. The molecule has 1 heterocycles. The number of carbonyl (C=O) groups is 1. The number of amides is 1. The predicted octanol–water partition coefficient (Wildman–Crippen LogP) is 3.24. The zero-order valence-electron chi connectivity index (χ0n) is 8.65. The largest absolute Gasteiger partial charge is 0.318 e. The maximum Gasteiger partial charge on any atom is 0.274 e. The van der Waals surface area contributed by atoms with Crippen LogP contribution in [0, 0.1) is 5.82 Å². The van der Waals surface area contributed by atoms with Gasteiger partial charge in [-0.3, -0.25) is 9.78 Å². The Morgan fingerprint density at radius 1 is 1.24 bits per heavy atom. The van der Waals surface area contributed by atoms with E-state index in [1.165, 1.54) is 12.3 Å². The number of nitrogens with one attached hydrogen (secondary N) is 1. The minimum atomic E-state index is -0.503. The number of halogens is 2. The number of anilines is 1. The van der Waals surface area contributed by atoms with Crippen LogP contribution in [0.1, 0.15) is 10.5 Å². The van der Waals surface area contributed by atoms with Gasteiger partial charge in [0.2, 0.25) is 0 Å². The van der Waals surface area contributed by atoms with Gasteiger partial charge in [0.1, 0.15) is 5.69 Å². The number of aromatic nitrogens is 1. The molecule has 5 heteroatoms. The second-order valence-corrected chi connectivity index (χ2v) is 4.12. The van der Waals surface area contributed by atoms with E-state index in [9.17, 15) is 9.18 Å². The first-order valence-corrected chi connectivity index (χ1v) is 5.64. The van der Waals surface area contributed by atoms with Gasteiger partial charge in [0.05, 0.1) is 10.2 Å². The maximum absolute atomic E-state index is 13.6. The molecule has 2 rings (SSSR count). The minimum absolute atomic E-state index is 0.120. The average molecular weight is 295 g/mol. The zero-order valence-corrected chi connectivity index (χ0v) is 10.2. The third kappa shape index (κ3) is 2.68. The molecule has 0 saturated heterocycles. The second kappa shape index (κ2) is 5.05. The van der Waals surface area contributed by atoms with Crippen LogP contribution in [0.25, 0.3) is 0 Å². The lowest BCUT2D eigenvalue weighted by Gasteiger charge is -2.06. The highest BCUT2D eigenvalue weighted by molar-refractivity contribution is 9.10. The third-order valence-corrected chi connectivity index (χ3v) is 2.71. The lowest BCUT2D eigenvalue weighted by Crippen LogP contribution is -2.14. The van der Waals surface area contributed by atoms with Crippen molar-refractivity contribution in [3.63, 3.8) is 0 Å². The summed E-state index contributed by atoms with van der Waals surface area (Å²) in [5.74, 6) is -0.945. The highest BCUT2D eigenvalue weighted by Gasteiger charge is 2.11. The molecule has 0 unspecified atom stereocenters. The Balaban J connectivity index is 2.22. The van der Waals surface area contributed by atoms with Gasteiger partial charge in [0.25, 0.3) is 5.91 Å². The predicted molar refractivity (Wildman–Crippen MR) is 66.3 cm³/mol. The molecule has 86 valence electrons. The maximum atomic E-state index is 13.6. The van der Waals surface area contributed by atoms with Crippen molar-refractivity contribution in [2.45, 2.75) is 0 Å². The van der Waals surface area contributed by atoms with Crippen LogP contribution in [-0.2, 0) is 0 Å². The standard InChI is InChI=1S/C12H8BrFN2O/c13-8-4-3-6-9(11(8)14)16-12(17)10-5-1-2-7-15-10/h1-7H,(H,16,17). The minimum Gasteiger partial charge on any atom is -0.318 e. The first-order valence-electron chi connectivity index (χ1n) is 4.85. The van der Waals surface area contributed by atoms with E-state index in [1.54, 1.807) is 30.3 Å². The summed E-state index contributed by atoms with van der Waals surface area (Å²) in [5.41, 5.74) is 0.363. The highest BCUT2D eigenvalue weighted by atomic mass is 79.9. The number of nitrogens with zero attached hydrogens (tertiary/aromatic N) is 1. The van der Waals surface area contributed by atoms with Crippen molar-refractivity contribution in [2.75, 3.05) is 5.32 Å². The van der Waals surface area contributed by atoms with Crippen LogP contribution in [0.4, 0.5) is 10.1 Å². The first-order chi connectivity index (χ1) is 8.18. The van der Waals surface area contributed by atoms with E-state index in [0.717, 1.165) is 0 Å². The van der Waals surface area contributed by atoms with Crippen LogP contribution in [0.5, 0.6) is 0 Å². The van der Waals surface area contributed by atoms with E-state index < -0.39 is 11.7 Å². The highest BCUT2D eigenvalue weighted by Crippen LogP contribution is 2.22. The Bertz CT molecular complexity index is 545. The summed E-state index contributed by atoms with van der Waals surface area (Å²) in [5, 5.41) is 2.46. The van der Waals surface area contributed by atoms with Crippen molar-refractivity contribution in [2.24, 2.45) is 0 Å². The third-order valence-electron chi connectivity index (χ3n) is 2.10. The summed E-state index contributed by atoms with van der Waals surface area (Å²) in [6, 6.07) is 9.65. The molecule has 0 bridgehead atoms. The van der Waals surface area contributed by atoms with E-state index in [-0.39, 0.29) is 11.4 Å². The Morgan fingerprint density at radius 2 is 2.06 bits per heavy atom. The molecule has 0 aliphatic carbocycles. The Labute approximate surface area is 106 Å². The molecular formula is C12H8BrFN2O. The number of hydrogen-bond acceptors (Lipinski definition) is 2. The topological polar surface area (TPSA) is 42.0 Å². The van der Waals surface area contributed by atoms with Gasteiger partial charge in [-0.1, -0.05) is 12.1 Å². The summed E-state index contributed by atoms with van der Waals surface area (Å²) in [7, 11) is 0. The average Bonchev–Trinajstić information content (AvgIpc) is 2.36. The molecular weight excluding hydrogens is 287 g/mol. The summed E-state index contributed by atoms with van der Waals surface area (Å²) < 4.78 is 13.9. The second-order valence-electron chi connectivity index (χ2n) is 3.27. The fourth-order valence-electron chi connectivity index (χ4n) is 1.28. The molecule has 0 aliphatic rings. The van der Waals surface area contributed by atoms with Gasteiger partial charge < -0.3 is 5.32 Å². The van der Waals surface area contributed by atoms with Gasteiger partial charge in [0, 0.05) is 6.20 Å². The van der Waals surface area contributed by atoms with Crippen molar-refractivity contribution in [3.05, 3.63) is 58.6 Å². The van der Waals surface area contributed by atoms with Crippen LogP contribution < -0.4 is 5.32 Å². The van der Waals surface area contributed by atoms with Gasteiger partial charge >= 0.3 is 0 Å². The lowest BCUT2D eigenvalue weighted by atomic mass is 10.3. The number of carbonyl (C=O) groups excluding carboxylic acids is 1. The molecule has 1 aromatic heterocycles. The van der Waals surface area contributed by atoms with Gasteiger partial charge in [-0.25, -0.2) is 4.39 Å². The number of pyridine rings is 1.